The number of hydrogen-bond donors (Lipinski definition) is 2. The summed E-state index contributed by atoms with van der Waals surface area (Å²) in [4.78, 5) is 29.3. The average Bonchev–Trinajstić information content (AvgIpc) is 3.23. The number of nitrogens with zero attached hydrogens (tertiary/aromatic N) is 5. The molecule has 10 nitrogen and oxygen atoms in total. The van der Waals surface area contributed by atoms with E-state index >= 15 is 0 Å². The Balaban J connectivity index is 1.78. The van der Waals surface area contributed by atoms with E-state index in [0.29, 0.717) is 12.3 Å². The predicted octanol–water partition coefficient (Wildman–Crippen LogP) is -0.364. The summed E-state index contributed by atoms with van der Waals surface area (Å²) in [6.07, 6.45) is 2.32. The Hall–Kier alpha value is -2.30. The standard InChI is InChI=1S/C15H20N6O4/c1-8-10-13(25-15(8,4-22)5-24-10)21-7-16-9-11(21)18-14(19-12(9)23)17-6-20(2)3/h6-8,10,13,22H,4-5H2,1-3H3,(H,18,19,23)/b17-6+/t8?,10-,13+,15-/m0/s1. The molecule has 0 spiro atoms. The third-order valence-corrected chi connectivity index (χ3v) is 4.85. The number of aliphatic hydroxyl groups excluding tert-OH is 1. The highest BCUT2D eigenvalue weighted by molar-refractivity contribution is 5.71. The molecule has 0 radical (unpaired) electrons. The minimum Gasteiger partial charge on any atom is -0.393 e. The topological polar surface area (TPSA) is 118 Å². The van der Waals surface area contributed by atoms with Crippen LogP contribution < -0.4 is 5.56 Å². The second-order valence-corrected chi connectivity index (χ2v) is 6.72. The number of hydrogen-bond acceptors (Lipinski definition) is 7. The van der Waals surface area contributed by atoms with Crippen LogP contribution in [0.3, 0.4) is 0 Å². The molecule has 1 unspecified atom stereocenters. The fourth-order valence-electron chi connectivity index (χ4n) is 3.36. The van der Waals surface area contributed by atoms with Crippen LogP contribution in [0, 0.1) is 5.92 Å². The van der Waals surface area contributed by atoms with E-state index in [2.05, 4.69) is 19.9 Å². The maximum absolute atomic E-state index is 12.2. The molecule has 25 heavy (non-hydrogen) atoms. The largest absolute Gasteiger partial charge is 0.393 e. The zero-order chi connectivity index (χ0) is 17.8. The summed E-state index contributed by atoms with van der Waals surface area (Å²) in [5.74, 6) is 0.204. The van der Waals surface area contributed by atoms with Gasteiger partial charge in [0.1, 0.15) is 11.7 Å². The summed E-state index contributed by atoms with van der Waals surface area (Å²) in [5.41, 5.74) is -0.514. The van der Waals surface area contributed by atoms with Crippen LogP contribution in [0.2, 0.25) is 0 Å². The van der Waals surface area contributed by atoms with Gasteiger partial charge in [0, 0.05) is 20.0 Å². The Bertz CT molecular complexity index is 890. The van der Waals surface area contributed by atoms with Crippen molar-refractivity contribution >= 4 is 23.5 Å². The predicted molar refractivity (Wildman–Crippen MR) is 88.8 cm³/mol. The van der Waals surface area contributed by atoms with E-state index in [1.54, 1.807) is 15.8 Å². The second kappa shape index (κ2) is 5.61. The SMILES string of the molecule is CC1[C@@H]2OC[C@]1(CO)O[C@H]2n1cnc2c(=O)[nH]c(/N=C/N(C)C)nc21. The molecule has 0 aliphatic carbocycles. The number of H-pyrrole nitrogens is 1. The van der Waals surface area contributed by atoms with Crippen LogP contribution in [0.5, 0.6) is 0 Å². The van der Waals surface area contributed by atoms with Gasteiger partial charge < -0.3 is 19.5 Å². The normalized spacial score (nSPS) is 31.4. The van der Waals surface area contributed by atoms with Gasteiger partial charge >= 0.3 is 0 Å². The van der Waals surface area contributed by atoms with E-state index in [4.69, 9.17) is 9.47 Å². The molecule has 2 fully saturated rings. The van der Waals surface area contributed by atoms with E-state index < -0.39 is 11.8 Å². The molecule has 0 saturated carbocycles. The van der Waals surface area contributed by atoms with Gasteiger partial charge in [-0.25, -0.2) is 9.98 Å². The number of ether oxygens (including phenoxy) is 2. The van der Waals surface area contributed by atoms with E-state index in [1.165, 1.54) is 6.33 Å². The molecule has 0 aromatic carbocycles. The Morgan fingerprint density at radius 2 is 2.40 bits per heavy atom. The molecule has 4 atom stereocenters. The highest BCUT2D eigenvalue weighted by Crippen LogP contribution is 2.49. The van der Waals surface area contributed by atoms with Gasteiger partial charge in [0.05, 0.1) is 25.9 Å². The number of imidazole rings is 1. The number of aromatic nitrogens is 4. The Kier molecular flexibility index (Phi) is 3.63. The first kappa shape index (κ1) is 16.2. The zero-order valence-electron chi connectivity index (χ0n) is 14.2. The summed E-state index contributed by atoms with van der Waals surface area (Å²) in [6.45, 7) is 2.21. The molecule has 2 saturated heterocycles. The van der Waals surface area contributed by atoms with Crippen LogP contribution in [-0.2, 0) is 9.47 Å². The molecule has 2 bridgehead atoms. The van der Waals surface area contributed by atoms with Crippen molar-refractivity contribution in [2.24, 2.45) is 10.9 Å². The lowest BCUT2D eigenvalue weighted by molar-refractivity contribution is -0.183. The number of fused-ring (bicyclic) bond motifs is 3. The van der Waals surface area contributed by atoms with E-state index in [9.17, 15) is 9.90 Å². The van der Waals surface area contributed by atoms with Gasteiger partial charge in [-0.3, -0.25) is 14.3 Å². The highest BCUT2D eigenvalue weighted by atomic mass is 16.6. The van der Waals surface area contributed by atoms with Crippen molar-refractivity contribution in [3.05, 3.63) is 16.7 Å². The number of nitrogens with one attached hydrogen (secondary N) is 1. The summed E-state index contributed by atoms with van der Waals surface area (Å²) in [7, 11) is 3.64. The average molecular weight is 348 g/mol. The second-order valence-electron chi connectivity index (χ2n) is 6.72. The monoisotopic (exact) mass is 348 g/mol. The zero-order valence-corrected chi connectivity index (χ0v) is 14.2. The molecule has 2 aromatic heterocycles. The van der Waals surface area contributed by atoms with Crippen molar-refractivity contribution in [1.29, 1.82) is 0 Å². The lowest BCUT2D eigenvalue weighted by Gasteiger charge is -2.30. The Labute approximate surface area is 143 Å². The van der Waals surface area contributed by atoms with Crippen molar-refractivity contribution in [3.8, 4) is 0 Å². The molecule has 2 aliphatic heterocycles. The van der Waals surface area contributed by atoms with Gasteiger partial charge in [-0.1, -0.05) is 6.92 Å². The molecule has 2 N–H and O–H groups in total. The molecule has 10 heteroatoms. The minimum absolute atomic E-state index is 0.0215. The molecule has 134 valence electrons. The number of aromatic amines is 1. The Morgan fingerprint density at radius 3 is 3.08 bits per heavy atom. The van der Waals surface area contributed by atoms with Crippen LogP contribution >= 0.6 is 0 Å². The summed E-state index contributed by atoms with van der Waals surface area (Å²) in [5, 5.41) is 9.73. The number of aliphatic hydroxyl groups is 1. The van der Waals surface area contributed by atoms with Gasteiger partial charge in [-0.2, -0.15) is 4.98 Å². The maximum Gasteiger partial charge on any atom is 0.280 e. The van der Waals surface area contributed by atoms with Crippen molar-refractivity contribution in [2.45, 2.75) is 24.9 Å². The molecular weight excluding hydrogens is 328 g/mol. The molecule has 4 rings (SSSR count). The van der Waals surface area contributed by atoms with Gasteiger partial charge in [-0.15, -0.1) is 0 Å². The van der Waals surface area contributed by atoms with Crippen molar-refractivity contribution in [2.75, 3.05) is 27.3 Å². The van der Waals surface area contributed by atoms with E-state index in [-0.39, 0.29) is 35.7 Å². The quantitative estimate of drug-likeness (QED) is 0.572. The molecule has 2 aliphatic rings. The number of rotatable bonds is 4. The maximum atomic E-state index is 12.2. The van der Waals surface area contributed by atoms with Crippen LogP contribution in [0.4, 0.5) is 5.95 Å². The van der Waals surface area contributed by atoms with Crippen molar-refractivity contribution in [3.63, 3.8) is 0 Å². The van der Waals surface area contributed by atoms with Crippen molar-refractivity contribution < 1.29 is 14.6 Å². The first-order valence-corrected chi connectivity index (χ1v) is 8.03. The van der Waals surface area contributed by atoms with Crippen LogP contribution in [0.15, 0.2) is 16.1 Å². The molecule has 2 aromatic rings. The lowest BCUT2D eigenvalue weighted by atomic mass is 9.91. The summed E-state index contributed by atoms with van der Waals surface area (Å²) >= 11 is 0. The van der Waals surface area contributed by atoms with Crippen LogP contribution in [0.25, 0.3) is 11.2 Å². The van der Waals surface area contributed by atoms with Gasteiger partial charge in [-0.05, 0) is 0 Å². The van der Waals surface area contributed by atoms with Gasteiger partial charge in [0.2, 0.25) is 5.95 Å². The summed E-state index contributed by atoms with van der Waals surface area (Å²) < 4.78 is 13.6. The number of aliphatic imine (C=N–C) groups is 1. The van der Waals surface area contributed by atoms with Gasteiger partial charge in [0.25, 0.3) is 5.56 Å². The molecule has 0 amide bonds. The van der Waals surface area contributed by atoms with Crippen molar-refractivity contribution in [1.82, 2.24) is 24.4 Å². The first-order valence-electron chi connectivity index (χ1n) is 8.03. The highest BCUT2D eigenvalue weighted by Gasteiger charge is 2.59. The van der Waals surface area contributed by atoms with Crippen LogP contribution in [0.1, 0.15) is 13.2 Å². The Morgan fingerprint density at radius 1 is 1.60 bits per heavy atom. The molecular formula is C15H20N6O4. The smallest absolute Gasteiger partial charge is 0.280 e. The fraction of sp³-hybridized carbons (Fsp3) is 0.600. The third-order valence-electron chi connectivity index (χ3n) is 4.85. The summed E-state index contributed by atoms with van der Waals surface area (Å²) in [6, 6.07) is 0. The van der Waals surface area contributed by atoms with E-state index in [1.807, 2.05) is 21.0 Å². The molecule has 4 heterocycles. The fourth-order valence-corrected chi connectivity index (χ4v) is 3.36. The minimum atomic E-state index is -0.723. The van der Waals surface area contributed by atoms with E-state index in [0.717, 1.165) is 0 Å². The van der Waals surface area contributed by atoms with Crippen LogP contribution in [-0.4, -0.2) is 74.9 Å². The van der Waals surface area contributed by atoms with Gasteiger partial charge in [0.15, 0.2) is 17.4 Å². The first-order chi connectivity index (χ1) is 11.9. The lowest BCUT2D eigenvalue weighted by Crippen LogP contribution is -2.40. The third kappa shape index (κ3) is 2.36.